The van der Waals surface area contributed by atoms with Crippen molar-refractivity contribution in [2.24, 2.45) is 10.8 Å². The molecule has 4 heteroatoms. The minimum atomic E-state index is -0.637. The number of urea groups is 1. The maximum absolute atomic E-state index is 10.5. The Hall–Kier alpha value is -1.84. The van der Waals surface area contributed by atoms with Crippen LogP contribution >= 0.6 is 0 Å². The summed E-state index contributed by atoms with van der Waals surface area (Å²) >= 11 is 0. The van der Waals surface area contributed by atoms with E-state index in [4.69, 9.17) is 5.73 Å². The van der Waals surface area contributed by atoms with E-state index in [-0.39, 0.29) is 5.41 Å². The van der Waals surface area contributed by atoms with E-state index in [9.17, 15) is 4.79 Å². The van der Waals surface area contributed by atoms with Crippen LogP contribution in [-0.4, -0.2) is 11.7 Å². The van der Waals surface area contributed by atoms with Gasteiger partial charge in [-0.3, -0.25) is 0 Å². The molecule has 1 rings (SSSR count). The maximum atomic E-state index is 10.5. The van der Waals surface area contributed by atoms with Crippen molar-refractivity contribution >= 4 is 11.7 Å². The largest absolute Gasteiger partial charge is 0.350 e. The van der Waals surface area contributed by atoms with E-state index in [0.29, 0.717) is 0 Å². The van der Waals surface area contributed by atoms with E-state index >= 15 is 0 Å². The Balaban J connectivity index is 2.73. The first kappa shape index (κ1) is 13.2. The first-order valence-electron chi connectivity index (χ1n) is 5.56. The summed E-state index contributed by atoms with van der Waals surface area (Å²) in [5, 5.41) is 3.93. The van der Waals surface area contributed by atoms with E-state index in [1.165, 1.54) is 5.56 Å². The van der Waals surface area contributed by atoms with E-state index in [1.807, 2.05) is 25.1 Å². The summed E-state index contributed by atoms with van der Waals surface area (Å²) in [6, 6.07) is 9.58. The molecule has 0 aliphatic heterocycles. The monoisotopic (exact) mass is 233 g/mol. The van der Waals surface area contributed by atoms with Crippen molar-refractivity contribution in [1.82, 2.24) is 5.43 Å². The second-order valence-electron chi connectivity index (χ2n) is 4.75. The van der Waals surface area contributed by atoms with Gasteiger partial charge in [-0.1, -0.05) is 44.2 Å². The van der Waals surface area contributed by atoms with Gasteiger partial charge in [0.1, 0.15) is 0 Å². The molecule has 3 N–H and O–H groups in total. The molecular weight excluding hydrogens is 214 g/mol. The number of primary amides is 1. The number of hydrogen-bond donors (Lipinski definition) is 2. The van der Waals surface area contributed by atoms with Crippen molar-refractivity contribution in [2.45, 2.75) is 32.6 Å². The highest BCUT2D eigenvalue weighted by Crippen LogP contribution is 2.26. The summed E-state index contributed by atoms with van der Waals surface area (Å²) < 4.78 is 0. The van der Waals surface area contributed by atoms with Crippen molar-refractivity contribution in [3.63, 3.8) is 0 Å². The van der Waals surface area contributed by atoms with Crippen molar-refractivity contribution in [3.8, 4) is 0 Å². The lowest BCUT2D eigenvalue weighted by atomic mass is 9.80. The molecule has 1 aromatic carbocycles. The molecule has 0 radical (unpaired) electrons. The van der Waals surface area contributed by atoms with Crippen molar-refractivity contribution in [1.29, 1.82) is 0 Å². The first-order valence-corrected chi connectivity index (χ1v) is 5.56. The number of benzene rings is 1. The van der Waals surface area contributed by atoms with Crippen LogP contribution in [0.3, 0.4) is 0 Å². The second kappa shape index (κ2) is 5.48. The lowest BCUT2D eigenvalue weighted by Crippen LogP contribution is -2.27. The summed E-state index contributed by atoms with van der Waals surface area (Å²) in [6.07, 6.45) is 0.761. The number of nitrogens with two attached hydrogens (primary N) is 1. The third-order valence-electron chi connectivity index (χ3n) is 2.61. The zero-order valence-electron chi connectivity index (χ0n) is 10.5. The van der Waals surface area contributed by atoms with Gasteiger partial charge in [0.25, 0.3) is 0 Å². The number of carbonyl (C=O) groups is 1. The molecule has 0 saturated heterocycles. The molecule has 0 atom stereocenters. The maximum Gasteiger partial charge on any atom is 0.332 e. The van der Waals surface area contributed by atoms with Gasteiger partial charge in [-0.25, -0.2) is 10.2 Å². The molecule has 0 aromatic heterocycles. The smallest absolute Gasteiger partial charge is 0.332 e. The van der Waals surface area contributed by atoms with Crippen LogP contribution in [0.5, 0.6) is 0 Å². The number of nitrogens with zero attached hydrogens (tertiary/aromatic N) is 1. The van der Waals surface area contributed by atoms with Gasteiger partial charge in [-0.15, -0.1) is 0 Å². The quantitative estimate of drug-likeness (QED) is 0.608. The Kier molecular flexibility index (Phi) is 4.26. The molecule has 0 heterocycles. The topological polar surface area (TPSA) is 67.5 Å². The van der Waals surface area contributed by atoms with Crippen molar-refractivity contribution in [3.05, 3.63) is 35.9 Å². The fourth-order valence-electron chi connectivity index (χ4n) is 1.82. The summed E-state index contributed by atoms with van der Waals surface area (Å²) in [5.74, 6) is 0. The Bertz CT molecular complexity index is 410. The Morgan fingerprint density at radius 1 is 1.35 bits per heavy atom. The molecule has 1 aromatic rings. The van der Waals surface area contributed by atoms with Gasteiger partial charge < -0.3 is 5.73 Å². The van der Waals surface area contributed by atoms with Crippen LogP contribution in [0.2, 0.25) is 0 Å². The van der Waals surface area contributed by atoms with Crippen LogP contribution in [0, 0.1) is 0 Å². The molecular formula is C13H19N3O. The van der Waals surface area contributed by atoms with E-state index in [1.54, 1.807) is 0 Å². The van der Waals surface area contributed by atoms with Gasteiger partial charge in [-0.2, -0.15) is 5.10 Å². The predicted octanol–water partition coefficient (Wildman–Crippen LogP) is 2.40. The normalized spacial score (nSPS) is 12.3. The van der Waals surface area contributed by atoms with Gasteiger partial charge in [0.15, 0.2) is 0 Å². The van der Waals surface area contributed by atoms with Crippen molar-refractivity contribution in [2.75, 3.05) is 0 Å². The minimum absolute atomic E-state index is 0.0197. The number of amides is 2. The summed E-state index contributed by atoms with van der Waals surface area (Å²) in [6.45, 7) is 6.16. The molecule has 0 aliphatic rings. The van der Waals surface area contributed by atoms with Crippen LogP contribution in [0.25, 0.3) is 0 Å². The Morgan fingerprint density at radius 2 is 1.94 bits per heavy atom. The average molecular weight is 233 g/mol. The number of carbonyl (C=O) groups excluding carboxylic acids is 1. The SMILES string of the molecule is C/C(CC(C)(C)c1ccccc1)=N/NC(N)=O. The zero-order valence-corrected chi connectivity index (χ0v) is 10.5. The van der Waals surface area contributed by atoms with Crippen LogP contribution in [0.15, 0.2) is 35.4 Å². The fourth-order valence-corrected chi connectivity index (χ4v) is 1.82. The predicted molar refractivity (Wildman–Crippen MR) is 69.9 cm³/mol. The Labute approximate surface area is 102 Å². The molecule has 0 saturated carbocycles. The molecule has 0 bridgehead atoms. The van der Waals surface area contributed by atoms with Crippen LogP contribution in [0.1, 0.15) is 32.8 Å². The van der Waals surface area contributed by atoms with Crippen LogP contribution in [0.4, 0.5) is 4.79 Å². The van der Waals surface area contributed by atoms with Crippen LogP contribution in [-0.2, 0) is 5.41 Å². The highest BCUT2D eigenvalue weighted by atomic mass is 16.2. The summed E-state index contributed by atoms with van der Waals surface area (Å²) in [4.78, 5) is 10.5. The molecule has 0 unspecified atom stereocenters. The molecule has 2 amide bonds. The number of hydrogen-bond acceptors (Lipinski definition) is 2. The van der Waals surface area contributed by atoms with Gasteiger partial charge in [0.2, 0.25) is 0 Å². The van der Waals surface area contributed by atoms with E-state index in [0.717, 1.165) is 12.1 Å². The zero-order chi connectivity index (χ0) is 12.9. The summed E-state index contributed by atoms with van der Waals surface area (Å²) in [5.41, 5.74) is 9.27. The lowest BCUT2D eigenvalue weighted by Gasteiger charge is -2.25. The highest BCUT2D eigenvalue weighted by Gasteiger charge is 2.21. The van der Waals surface area contributed by atoms with E-state index < -0.39 is 6.03 Å². The summed E-state index contributed by atoms with van der Waals surface area (Å²) in [7, 11) is 0. The van der Waals surface area contributed by atoms with Crippen molar-refractivity contribution < 1.29 is 4.79 Å². The van der Waals surface area contributed by atoms with Gasteiger partial charge in [-0.05, 0) is 24.3 Å². The number of rotatable bonds is 4. The standard InChI is InChI=1S/C13H19N3O/c1-10(15-16-12(14)17)9-13(2,3)11-7-5-4-6-8-11/h4-8H,9H2,1-3H3,(H3,14,16,17)/b15-10-. The molecule has 0 aliphatic carbocycles. The third kappa shape index (κ3) is 4.26. The molecule has 0 fully saturated rings. The molecule has 92 valence electrons. The number of nitrogens with one attached hydrogen (secondary N) is 1. The van der Waals surface area contributed by atoms with Gasteiger partial charge in [0, 0.05) is 5.71 Å². The lowest BCUT2D eigenvalue weighted by molar-refractivity contribution is 0.249. The van der Waals surface area contributed by atoms with Crippen LogP contribution < -0.4 is 11.2 Å². The fraction of sp³-hybridized carbons (Fsp3) is 0.385. The second-order valence-corrected chi connectivity index (χ2v) is 4.75. The molecule has 0 spiro atoms. The first-order chi connectivity index (χ1) is 7.92. The average Bonchev–Trinajstić information content (AvgIpc) is 2.27. The molecule has 17 heavy (non-hydrogen) atoms. The molecule has 4 nitrogen and oxygen atoms in total. The number of hydrazone groups is 1. The van der Waals surface area contributed by atoms with E-state index in [2.05, 4.69) is 36.5 Å². The van der Waals surface area contributed by atoms with Gasteiger partial charge >= 0.3 is 6.03 Å². The Morgan fingerprint density at radius 3 is 2.47 bits per heavy atom. The highest BCUT2D eigenvalue weighted by molar-refractivity contribution is 5.84. The van der Waals surface area contributed by atoms with Gasteiger partial charge in [0.05, 0.1) is 0 Å². The minimum Gasteiger partial charge on any atom is -0.350 e. The third-order valence-corrected chi connectivity index (χ3v) is 2.61.